The minimum atomic E-state index is -0.399. The summed E-state index contributed by atoms with van der Waals surface area (Å²) < 4.78 is 0. The number of hydrogen-bond acceptors (Lipinski definition) is 2. The smallest absolute Gasteiger partial charge is 0.139 e. The molecule has 4 saturated carbocycles. The van der Waals surface area contributed by atoms with Gasteiger partial charge >= 0.3 is 0 Å². The number of hydrogen-bond donors (Lipinski definition) is 1. The Balaban J connectivity index is 1.61. The summed E-state index contributed by atoms with van der Waals surface area (Å²) in [6.07, 6.45) is 11.0. The highest BCUT2D eigenvalue weighted by Crippen LogP contribution is 2.66. The average molecular weight is 319 g/mol. The first-order valence-corrected chi connectivity index (χ1v) is 10.1. The van der Waals surface area contributed by atoms with Gasteiger partial charge in [0.1, 0.15) is 5.78 Å². The van der Waals surface area contributed by atoms with Gasteiger partial charge < -0.3 is 5.11 Å². The van der Waals surface area contributed by atoms with Gasteiger partial charge in [-0.15, -0.1) is 0 Å². The summed E-state index contributed by atoms with van der Waals surface area (Å²) in [7, 11) is 0. The van der Waals surface area contributed by atoms with E-state index < -0.39 is 5.60 Å². The zero-order chi connectivity index (χ0) is 16.5. The van der Waals surface area contributed by atoms with E-state index in [2.05, 4.69) is 20.8 Å². The van der Waals surface area contributed by atoms with E-state index in [0.29, 0.717) is 23.0 Å². The zero-order valence-corrected chi connectivity index (χ0v) is 15.2. The number of fused-ring (bicyclic) bond motifs is 5. The minimum absolute atomic E-state index is 0.00316. The Bertz CT molecular complexity index is 514. The van der Waals surface area contributed by atoms with Gasteiger partial charge in [0.25, 0.3) is 0 Å². The third kappa shape index (κ3) is 2.12. The molecule has 0 bridgehead atoms. The Kier molecular flexibility index (Phi) is 3.55. The summed E-state index contributed by atoms with van der Waals surface area (Å²) in [6, 6.07) is 0. The maximum absolute atomic E-state index is 12.5. The van der Waals surface area contributed by atoms with E-state index in [-0.39, 0.29) is 5.41 Å². The van der Waals surface area contributed by atoms with Crippen molar-refractivity contribution in [3.8, 4) is 0 Å². The van der Waals surface area contributed by atoms with E-state index in [1.807, 2.05) is 0 Å². The molecule has 0 aromatic rings. The molecule has 0 heterocycles. The molecule has 2 nitrogen and oxygen atoms in total. The molecule has 0 unspecified atom stereocenters. The van der Waals surface area contributed by atoms with Gasteiger partial charge in [-0.1, -0.05) is 20.8 Å². The van der Waals surface area contributed by atoms with Gasteiger partial charge in [-0.25, -0.2) is 0 Å². The fraction of sp³-hybridized carbons (Fsp3) is 0.952. The van der Waals surface area contributed by atoms with E-state index in [0.717, 1.165) is 50.4 Å². The molecule has 23 heavy (non-hydrogen) atoms. The van der Waals surface area contributed by atoms with Gasteiger partial charge in [-0.3, -0.25) is 4.79 Å². The molecule has 130 valence electrons. The molecule has 4 aliphatic carbocycles. The van der Waals surface area contributed by atoms with Gasteiger partial charge in [0, 0.05) is 11.8 Å². The van der Waals surface area contributed by atoms with Crippen LogP contribution in [-0.4, -0.2) is 16.5 Å². The second-order valence-corrected chi connectivity index (χ2v) is 9.86. The SMILES string of the molecule is CC[C@]1(O)CC[C@@]2(C)[C@@H](CC[C@@H]3[C@H]4CCC(=O)[C@@]4(C)CC[C@@H]32)C1. The van der Waals surface area contributed by atoms with E-state index in [1.165, 1.54) is 25.7 Å². The van der Waals surface area contributed by atoms with Crippen LogP contribution in [0.3, 0.4) is 0 Å². The summed E-state index contributed by atoms with van der Waals surface area (Å²) in [5.74, 6) is 3.47. The molecule has 0 spiro atoms. The average Bonchev–Trinajstić information content (AvgIpc) is 2.84. The van der Waals surface area contributed by atoms with Gasteiger partial charge in [-0.2, -0.15) is 0 Å². The highest BCUT2D eigenvalue weighted by molar-refractivity contribution is 5.87. The Labute approximate surface area is 141 Å². The van der Waals surface area contributed by atoms with Gasteiger partial charge in [0.15, 0.2) is 0 Å². The molecule has 4 fully saturated rings. The van der Waals surface area contributed by atoms with Crippen molar-refractivity contribution < 1.29 is 9.90 Å². The molecule has 4 aliphatic rings. The lowest BCUT2D eigenvalue weighted by Crippen LogP contribution is -2.55. The van der Waals surface area contributed by atoms with Crippen LogP contribution in [0.15, 0.2) is 0 Å². The molecule has 2 heteroatoms. The van der Waals surface area contributed by atoms with Crippen LogP contribution in [0, 0.1) is 34.5 Å². The highest BCUT2D eigenvalue weighted by atomic mass is 16.3. The lowest BCUT2D eigenvalue weighted by atomic mass is 9.44. The second-order valence-electron chi connectivity index (χ2n) is 9.86. The molecule has 0 aromatic heterocycles. The normalized spacial score (nSPS) is 55.9. The molecule has 0 saturated heterocycles. The highest BCUT2D eigenvalue weighted by Gasteiger charge is 2.61. The van der Waals surface area contributed by atoms with E-state index >= 15 is 0 Å². The van der Waals surface area contributed by atoms with Crippen LogP contribution in [0.5, 0.6) is 0 Å². The van der Waals surface area contributed by atoms with Crippen LogP contribution in [-0.2, 0) is 4.79 Å². The second kappa shape index (κ2) is 5.07. The topological polar surface area (TPSA) is 37.3 Å². The van der Waals surface area contributed by atoms with E-state index in [9.17, 15) is 9.90 Å². The lowest BCUT2D eigenvalue weighted by Gasteiger charge is -2.61. The van der Waals surface area contributed by atoms with Crippen molar-refractivity contribution in [2.24, 2.45) is 34.5 Å². The van der Waals surface area contributed by atoms with Crippen LogP contribution < -0.4 is 0 Å². The van der Waals surface area contributed by atoms with Crippen LogP contribution in [0.4, 0.5) is 0 Å². The predicted octanol–water partition coefficient (Wildman–Crippen LogP) is 4.74. The number of aliphatic hydroxyl groups is 1. The first-order valence-electron chi connectivity index (χ1n) is 10.1. The molecule has 1 N–H and O–H groups in total. The monoisotopic (exact) mass is 318 g/mol. The molecular weight excluding hydrogens is 284 g/mol. The van der Waals surface area contributed by atoms with Crippen molar-refractivity contribution in [3.63, 3.8) is 0 Å². The fourth-order valence-electron chi connectivity index (χ4n) is 7.41. The Hall–Kier alpha value is -0.370. The number of carbonyl (C=O) groups excluding carboxylic acids is 1. The minimum Gasteiger partial charge on any atom is -0.390 e. The number of ketones is 1. The van der Waals surface area contributed by atoms with Crippen molar-refractivity contribution in [2.45, 2.75) is 90.6 Å². The molecule has 4 rings (SSSR count). The zero-order valence-electron chi connectivity index (χ0n) is 15.2. The van der Waals surface area contributed by atoms with Crippen molar-refractivity contribution in [1.82, 2.24) is 0 Å². The third-order valence-electron chi connectivity index (χ3n) is 9.19. The fourth-order valence-corrected chi connectivity index (χ4v) is 7.41. The molecule has 7 atom stereocenters. The third-order valence-corrected chi connectivity index (χ3v) is 9.19. The quantitative estimate of drug-likeness (QED) is 0.758. The van der Waals surface area contributed by atoms with Crippen LogP contribution in [0.2, 0.25) is 0 Å². The summed E-state index contributed by atoms with van der Waals surface area (Å²) in [5.41, 5.74) is 0.0178. The van der Waals surface area contributed by atoms with Gasteiger partial charge in [0.05, 0.1) is 5.60 Å². The molecule has 0 aromatic carbocycles. The summed E-state index contributed by atoms with van der Waals surface area (Å²) in [5, 5.41) is 10.8. The molecule has 0 amide bonds. The number of Topliss-reactive ketones (excluding diaryl/α,β-unsaturated/α-hetero) is 1. The van der Waals surface area contributed by atoms with Crippen molar-refractivity contribution in [1.29, 1.82) is 0 Å². The van der Waals surface area contributed by atoms with Crippen LogP contribution in [0.1, 0.15) is 85.0 Å². The van der Waals surface area contributed by atoms with Crippen LogP contribution in [0.25, 0.3) is 0 Å². The van der Waals surface area contributed by atoms with E-state index in [1.54, 1.807) is 0 Å². The largest absolute Gasteiger partial charge is 0.390 e. The molecule has 0 aliphatic heterocycles. The molecular formula is C21H34O2. The maximum Gasteiger partial charge on any atom is 0.139 e. The Morgan fingerprint density at radius 1 is 1.04 bits per heavy atom. The van der Waals surface area contributed by atoms with Crippen LogP contribution >= 0.6 is 0 Å². The standard InChI is InChI=1S/C21H34O2/c1-4-21(23)12-11-19(2)14(13-21)5-6-15-16-7-8-18(22)20(16,3)10-9-17(15)19/h14-17,23H,4-13H2,1-3H3/t14-,15+,16+,17-,19-,20-,21-/m0/s1. The Morgan fingerprint density at radius 3 is 2.57 bits per heavy atom. The van der Waals surface area contributed by atoms with E-state index in [4.69, 9.17) is 0 Å². The number of rotatable bonds is 1. The lowest BCUT2D eigenvalue weighted by molar-refractivity contribution is -0.154. The summed E-state index contributed by atoms with van der Waals surface area (Å²) in [6.45, 7) is 6.95. The number of carbonyl (C=O) groups is 1. The summed E-state index contributed by atoms with van der Waals surface area (Å²) in [4.78, 5) is 12.5. The first kappa shape index (κ1) is 16.1. The predicted molar refractivity (Wildman–Crippen MR) is 92.0 cm³/mol. The maximum atomic E-state index is 12.5. The summed E-state index contributed by atoms with van der Waals surface area (Å²) >= 11 is 0. The molecule has 0 radical (unpaired) electrons. The first-order chi connectivity index (χ1) is 10.8. The van der Waals surface area contributed by atoms with Crippen molar-refractivity contribution in [3.05, 3.63) is 0 Å². The Morgan fingerprint density at radius 2 is 1.83 bits per heavy atom. The van der Waals surface area contributed by atoms with Gasteiger partial charge in [-0.05, 0) is 86.9 Å². The van der Waals surface area contributed by atoms with Crippen molar-refractivity contribution in [2.75, 3.05) is 0 Å². The van der Waals surface area contributed by atoms with Gasteiger partial charge in [0.2, 0.25) is 0 Å². The van der Waals surface area contributed by atoms with Crippen molar-refractivity contribution >= 4 is 5.78 Å².